The van der Waals surface area contributed by atoms with Gasteiger partial charge in [0.15, 0.2) is 0 Å². The van der Waals surface area contributed by atoms with Gasteiger partial charge in [-0.05, 0) is 109 Å². The van der Waals surface area contributed by atoms with Crippen molar-refractivity contribution < 1.29 is 14.6 Å². The lowest BCUT2D eigenvalue weighted by Gasteiger charge is -2.71. The van der Waals surface area contributed by atoms with Crippen molar-refractivity contribution in [3.63, 3.8) is 0 Å². The van der Waals surface area contributed by atoms with Crippen LogP contribution in [0.1, 0.15) is 106 Å². The molecule has 192 valence electrons. The number of hydrogen-bond acceptors (Lipinski definition) is 3. The number of allylic oxidation sites excluding steroid dienone is 2. The van der Waals surface area contributed by atoms with Crippen LogP contribution in [0.3, 0.4) is 0 Å². The van der Waals surface area contributed by atoms with Crippen LogP contribution in [0.5, 0.6) is 0 Å². The SMILES string of the molecule is COC(=O)[C@]12CC[C@@H](C)[C@H](C)C1C1=CCC3[C@@]4(C)CC[C@H](O)C(C)(C)C4CC[C@@]3(C)[C@]1(C)CC2. The van der Waals surface area contributed by atoms with Gasteiger partial charge in [0.05, 0.1) is 18.6 Å². The second kappa shape index (κ2) is 7.59. The van der Waals surface area contributed by atoms with Gasteiger partial charge in [-0.15, -0.1) is 0 Å². The van der Waals surface area contributed by atoms with E-state index in [0.29, 0.717) is 29.6 Å². The minimum Gasteiger partial charge on any atom is -0.469 e. The number of hydrogen-bond donors (Lipinski definition) is 1. The molecule has 5 aliphatic rings. The highest BCUT2D eigenvalue weighted by Crippen LogP contribution is 2.75. The van der Waals surface area contributed by atoms with Crippen LogP contribution in [-0.4, -0.2) is 24.3 Å². The summed E-state index contributed by atoms with van der Waals surface area (Å²) in [6, 6.07) is 0. The number of aliphatic hydroxyl groups is 1. The Morgan fingerprint density at radius 3 is 2.32 bits per heavy atom. The number of fused-ring (bicyclic) bond motifs is 7. The molecule has 3 unspecified atom stereocenters. The number of rotatable bonds is 1. The van der Waals surface area contributed by atoms with Gasteiger partial charge in [0, 0.05) is 0 Å². The highest BCUT2D eigenvalue weighted by atomic mass is 16.5. The summed E-state index contributed by atoms with van der Waals surface area (Å²) in [6.07, 6.45) is 12.3. The van der Waals surface area contributed by atoms with Gasteiger partial charge in [-0.25, -0.2) is 0 Å². The van der Waals surface area contributed by atoms with Gasteiger partial charge in [-0.1, -0.05) is 60.1 Å². The van der Waals surface area contributed by atoms with Crippen LogP contribution in [0.25, 0.3) is 0 Å². The summed E-state index contributed by atoms with van der Waals surface area (Å²) in [6.45, 7) is 17.2. The third-order valence-electron chi connectivity index (χ3n) is 13.6. The Morgan fingerprint density at radius 1 is 0.941 bits per heavy atom. The Morgan fingerprint density at radius 2 is 1.65 bits per heavy atom. The average molecular weight is 471 g/mol. The van der Waals surface area contributed by atoms with E-state index in [1.165, 1.54) is 12.8 Å². The fourth-order valence-electron chi connectivity index (χ4n) is 11.0. The summed E-state index contributed by atoms with van der Waals surface area (Å²) in [7, 11) is 1.60. The van der Waals surface area contributed by atoms with Gasteiger partial charge < -0.3 is 9.84 Å². The Balaban J connectivity index is 1.61. The first kappa shape index (κ1) is 24.8. The predicted molar refractivity (Wildman–Crippen MR) is 137 cm³/mol. The second-order valence-electron chi connectivity index (χ2n) is 14.7. The molecule has 5 rings (SSSR count). The molecule has 4 saturated carbocycles. The Hall–Kier alpha value is -0.830. The van der Waals surface area contributed by atoms with Crippen LogP contribution >= 0.6 is 0 Å². The first-order valence-electron chi connectivity index (χ1n) is 14.3. The molecule has 1 N–H and O–H groups in total. The second-order valence-corrected chi connectivity index (χ2v) is 14.7. The summed E-state index contributed by atoms with van der Waals surface area (Å²) in [5, 5.41) is 10.9. The molecule has 34 heavy (non-hydrogen) atoms. The lowest BCUT2D eigenvalue weighted by Crippen LogP contribution is -2.65. The van der Waals surface area contributed by atoms with E-state index in [1.54, 1.807) is 12.7 Å². The molecule has 0 aromatic rings. The summed E-state index contributed by atoms with van der Waals surface area (Å²) in [5.74, 6) is 2.73. The van der Waals surface area contributed by atoms with Crippen molar-refractivity contribution in [2.45, 2.75) is 112 Å². The number of methoxy groups -OCH3 is 1. The molecule has 0 aromatic carbocycles. The Kier molecular flexibility index (Phi) is 5.55. The monoisotopic (exact) mass is 470 g/mol. The summed E-state index contributed by atoms with van der Waals surface area (Å²) < 4.78 is 5.51. The molecular weight excluding hydrogens is 420 g/mol. The molecule has 0 aliphatic heterocycles. The number of ether oxygens (including phenoxy) is 1. The normalized spacial score (nSPS) is 54.0. The zero-order valence-corrected chi connectivity index (χ0v) is 23.2. The molecule has 0 radical (unpaired) electrons. The summed E-state index contributed by atoms with van der Waals surface area (Å²) in [5.41, 5.74) is 1.91. The van der Waals surface area contributed by atoms with Crippen LogP contribution in [0.15, 0.2) is 11.6 Å². The van der Waals surface area contributed by atoms with E-state index in [9.17, 15) is 9.90 Å². The molecule has 0 heterocycles. The van der Waals surface area contributed by atoms with Crippen LogP contribution in [0.2, 0.25) is 0 Å². The maximum absolute atomic E-state index is 13.4. The molecule has 0 amide bonds. The van der Waals surface area contributed by atoms with Crippen molar-refractivity contribution in [3.8, 4) is 0 Å². The highest BCUT2D eigenvalue weighted by Gasteiger charge is 2.69. The summed E-state index contributed by atoms with van der Waals surface area (Å²) >= 11 is 0. The van der Waals surface area contributed by atoms with Gasteiger partial charge in [-0.3, -0.25) is 4.79 Å². The first-order chi connectivity index (χ1) is 15.8. The molecule has 0 saturated heterocycles. The lowest BCUT2D eigenvalue weighted by atomic mass is 9.33. The minimum atomic E-state index is -0.326. The highest BCUT2D eigenvalue weighted by molar-refractivity contribution is 5.78. The zero-order chi connectivity index (χ0) is 24.9. The molecule has 0 aromatic heterocycles. The van der Waals surface area contributed by atoms with Crippen molar-refractivity contribution in [2.24, 2.45) is 56.7 Å². The quantitative estimate of drug-likeness (QED) is 0.326. The molecule has 0 bridgehead atoms. The van der Waals surface area contributed by atoms with Gasteiger partial charge in [-0.2, -0.15) is 0 Å². The molecule has 5 aliphatic carbocycles. The maximum atomic E-state index is 13.4. The first-order valence-corrected chi connectivity index (χ1v) is 14.3. The fraction of sp³-hybridized carbons (Fsp3) is 0.903. The third kappa shape index (κ3) is 2.83. The van der Waals surface area contributed by atoms with Crippen LogP contribution < -0.4 is 0 Å². The van der Waals surface area contributed by atoms with Crippen molar-refractivity contribution >= 4 is 5.97 Å². The zero-order valence-electron chi connectivity index (χ0n) is 23.2. The van der Waals surface area contributed by atoms with Gasteiger partial charge in [0.1, 0.15) is 0 Å². The molecule has 4 fully saturated rings. The standard InChI is InChI=1S/C31H50O3/c1-19-11-16-31(26(33)34-8)18-17-29(6)21(25(31)20(19)2)9-10-23-28(5)14-13-24(32)27(3,4)22(28)12-15-30(23,29)7/h9,19-20,22-25,32H,10-18H2,1-8H3/t19-,20+,22?,23?,24+,25?,28+,29-,30-,31+/m1/s1. The maximum Gasteiger partial charge on any atom is 0.312 e. The molecule has 3 heteroatoms. The number of esters is 1. The van der Waals surface area contributed by atoms with Gasteiger partial charge in [0.2, 0.25) is 0 Å². The third-order valence-corrected chi connectivity index (χ3v) is 13.6. The fourth-order valence-corrected chi connectivity index (χ4v) is 11.0. The van der Waals surface area contributed by atoms with Crippen molar-refractivity contribution in [2.75, 3.05) is 7.11 Å². The van der Waals surface area contributed by atoms with E-state index < -0.39 is 0 Å². The average Bonchev–Trinajstić information content (AvgIpc) is 2.79. The minimum absolute atomic E-state index is 0.0147. The van der Waals surface area contributed by atoms with E-state index in [0.717, 1.165) is 44.9 Å². The van der Waals surface area contributed by atoms with E-state index in [1.807, 2.05) is 0 Å². The van der Waals surface area contributed by atoms with Crippen LogP contribution in [-0.2, 0) is 9.53 Å². The molecular formula is C31H50O3. The summed E-state index contributed by atoms with van der Waals surface area (Å²) in [4.78, 5) is 13.4. The lowest BCUT2D eigenvalue weighted by molar-refractivity contribution is -0.207. The van der Waals surface area contributed by atoms with Gasteiger partial charge in [0.25, 0.3) is 0 Å². The smallest absolute Gasteiger partial charge is 0.312 e. The van der Waals surface area contributed by atoms with Crippen LogP contribution in [0.4, 0.5) is 0 Å². The van der Waals surface area contributed by atoms with E-state index in [-0.39, 0.29) is 39.1 Å². The Bertz CT molecular complexity index is 889. The van der Waals surface area contributed by atoms with E-state index in [2.05, 4.69) is 54.5 Å². The predicted octanol–water partition coefficient (Wildman–Crippen LogP) is 7.18. The number of carbonyl (C=O) groups excluding carboxylic acids is 1. The molecule has 0 spiro atoms. The number of aliphatic hydroxyl groups excluding tert-OH is 1. The van der Waals surface area contributed by atoms with Gasteiger partial charge >= 0.3 is 5.97 Å². The molecule has 3 nitrogen and oxygen atoms in total. The topological polar surface area (TPSA) is 46.5 Å². The largest absolute Gasteiger partial charge is 0.469 e. The van der Waals surface area contributed by atoms with Crippen molar-refractivity contribution in [1.82, 2.24) is 0 Å². The van der Waals surface area contributed by atoms with Crippen molar-refractivity contribution in [3.05, 3.63) is 11.6 Å². The Labute approximate surface area is 208 Å². The van der Waals surface area contributed by atoms with Crippen LogP contribution in [0, 0.1) is 56.7 Å². The van der Waals surface area contributed by atoms with Crippen molar-refractivity contribution in [1.29, 1.82) is 0 Å². The van der Waals surface area contributed by atoms with E-state index >= 15 is 0 Å². The molecule has 10 atom stereocenters. The van der Waals surface area contributed by atoms with E-state index in [4.69, 9.17) is 4.74 Å². The number of carbonyl (C=O) groups is 1.